The van der Waals surface area contributed by atoms with Crippen molar-refractivity contribution in [3.05, 3.63) is 21.6 Å². The minimum Gasteiger partial charge on any atom is -0.491 e. The average molecular weight is 301 g/mol. The summed E-state index contributed by atoms with van der Waals surface area (Å²) in [6.45, 7) is 2.71. The molecule has 0 aliphatic heterocycles. The third-order valence-electron chi connectivity index (χ3n) is 1.51. The quantitative estimate of drug-likeness (QED) is 0.859. The normalized spacial score (nSPS) is 9.36. The van der Waals surface area contributed by atoms with Crippen LogP contribution in [0.2, 0.25) is 5.02 Å². The van der Waals surface area contributed by atoms with Crippen LogP contribution in [-0.4, -0.2) is 6.61 Å². The molecule has 2 nitrogen and oxygen atoms in total. The van der Waals surface area contributed by atoms with E-state index in [4.69, 9.17) is 22.1 Å². The van der Waals surface area contributed by atoms with Crippen LogP contribution >= 0.6 is 39.9 Å². The maximum Gasteiger partial charge on any atom is 0.143 e. The van der Waals surface area contributed by atoms with Gasteiger partial charge in [-0.25, -0.2) is 0 Å². The summed E-state index contributed by atoms with van der Waals surface area (Å²) in [5.41, 5.74) is 6.27. The lowest BCUT2D eigenvalue weighted by Crippen LogP contribution is -1.99. The molecule has 0 atom stereocenters. The number of anilines is 1. The topological polar surface area (TPSA) is 35.2 Å². The first-order valence-electron chi connectivity index (χ1n) is 4.02. The van der Waals surface area contributed by atoms with Gasteiger partial charge in [0.2, 0.25) is 0 Å². The van der Waals surface area contributed by atoms with E-state index in [1.807, 2.05) is 6.92 Å². The van der Waals surface area contributed by atoms with Crippen molar-refractivity contribution in [1.82, 2.24) is 0 Å². The highest BCUT2D eigenvalue weighted by Gasteiger charge is 2.04. The second-order valence-corrected chi connectivity index (χ2v) is 3.91. The molecule has 1 rings (SSSR count). The van der Waals surface area contributed by atoms with Crippen LogP contribution in [0.4, 0.5) is 5.69 Å². The monoisotopic (exact) mass is 299 g/mol. The molecule has 1 aromatic rings. The first-order chi connectivity index (χ1) is 6.15. The molecule has 0 aliphatic carbocycles. The van der Waals surface area contributed by atoms with Crippen LogP contribution < -0.4 is 10.5 Å². The molecule has 0 spiro atoms. The lowest BCUT2D eigenvalue weighted by Gasteiger charge is -2.08. The summed E-state index contributed by atoms with van der Waals surface area (Å²) >= 11 is 9.14. The molecule has 0 saturated carbocycles. The summed E-state index contributed by atoms with van der Waals surface area (Å²) in [6.07, 6.45) is 0.958. The third kappa shape index (κ3) is 3.56. The van der Waals surface area contributed by atoms with E-state index < -0.39 is 0 Å². The number of rotatable bonds is 3. The van der Waals surface area contributed by atoms with E-state index in [2.05, 4.69) is 15.9 Å². The molecule has 0 fully saturated rings. The van der Waals surface area contributed by atoms with Gasteiger partial charge in [0.15, 0.2) is 0 Å². The second-order valence-electron chi connectivity index (χ2n) is 2.65. The van der Waals surface area contributed by atoms with Gasteiger partial charge in [0.1, 0.15) is 5.75 Å². The average Bonchev–Trinajstić information content (AvgIpc) is 2.09. The van der Waals surface area contributed by atoms with Gasteiger partial charge in [0.25, 0.3) is 0 Å². The zero-order valence-electron chi connectivity index (χ0n) is 7.72. The number of hydrogen-bond donors (Lipinski definition) is 1. The second kappa shape index (κ2) is 6.38. The Hall–Kier alpha value is -0.120. The molecule has 1 aromatic carbocycles. The highest BCUT2D eigenvalue weighted by Crippen LogP contribution is 2.32. The van der Waals surface area contributed by atoms with Crippen LogP contribution in [0.1, 0.15) is 13.3 Å². The molecular formula is C9H12BrCl2NO. The smallest absolute Gasteiger partial charge is 0.143 e. The number of halogens is 3. The molecule has 80 valence electrons. The van der Waals surface area contributed by atoms with Gasteiger partial charge in [-0.3, -0.25) is 0 Å². The van der Waals surface area contributed by atoms with E-state index in [9.17, 15) is 0 Å². The summed E-state index contributed by atoms with van der Waals surface area (Å²) in [5, 5.41) is 0.598. The van der Waals surface area contributed by atoms with Crippen molar-refractivity contribution in [2.24, 2.45) is 0 Å². The van der Waals surface area contributed by atoms with Gasteiger partial charge in [0.05, 0.1) is 17.3 Å². The molecule has 5 heteroatoms. The predicted octanol–water partition coefficient (Wildman–Crippen LogP) is 3.90. The fourth-order valence-corrected chi connectivity index (χ4v) is 1.38. The van der Waals surface area contributed by atoms with E-state index in [0.29, 0.717) is 23.1 Å². The zero-order chi connectivity index (χ0) is 9.84. The third-order valence-corrected chi connectivity index (χ3v) is 2.71. The van der Waals surface area contributed by atoms with E-state index in [1.165, 1.54) is 0 Å². The summed E-state index contributed by atoms with van der Waals surface area (Å²) in [4.78, 5) is 0. The molecule has 0 bridgehead atoms. The Morgan fingerprint density at radius 3 is 2.71 bits per heavy atom. The van der Waals surface area contributed by atoms with Crippen molar-refractivity contribution in [1.29, 1.82) is 0 Å². The van der Waals surface area contributed by atoms with Crippen molar-refractivity contribution < 1.29 is 4.74 Å². The van der Waals surface area contributed by atoms with Crippen LogP contribution in [0, 0.1) is 0 Å². The van der Waals surface area contributed by atoms with E-state index in [-0.39, 0.29) is 12.4 Å². The number of benzene rings is 1. The summed E-state index contributed by atoms with van der Waals surface area (Å²) in [6, 6.07) is 3.46. The molecule has 14 heavy (non-hydrogen) atoms. The lowest BCUT2D eigenvalue weighted by molar-refractivity contribution is 0.319. The predicted molar refractivity (Wildman–Crippen MR) is 66.6 cm³/mol. The maximum absolute atomic E-state index is 5.84. The van der Waals surface area contributed by atoms with Crippen molar-refractivity contribution in [3.63, 3.8) is 0 Å². The summed E-state index contributed by atoms with van der Waals surface area (Å²) < 4.78 is 6.21. The highest BCUT2D eigenvalue weighted by molar-refractivity contribution is 9.10. The molecule has 0 aliphatic rings. The molecule has 0 amide bonds. The fourth-order valence-electron chi connectivity index (χ4n) is 0.881. The first kappa shape index (κ1) is 13.9. The number of hydrogen-bond acceptors (Lipinski definition) is 2. The van der Waals surface area contributed by atoms with Gasteiger partial charge in [0, 0.05) is 4.47 Å². The van der Waals surface area contributed by atoms with Crippen molar-refractivity contribution in [2.75, 3.05) is 12.3 Å². The van der Waals surface area contributed by atoms with Crippen molar-refractivity contribution in [2.45, 2.75) is 13.3 Å². The molecule has 0 unspecified atom stereocenters. The Balaban J connectivity index is 0.00000169. The molecule has 0 heterocycles. The first-order valence-corrected chi connectivity index (χ1v) is 5.19. The van der Waals surface area contributed by atoms with Gasteiger partial charge < -0.3 is 10.5 Å². The van der Waals surface area contributed by atoms with Gasteiger partial charge in [-0.1, -0.05) is 18.5 Å². The van der Waals surface area contributed by atoms with Gasteiger partial charge in [-0.15, -0.1) is 12.4 Å². The van der Waals surface area contributed by atoms with Crippen LogP contribution in [0.5, 0.6) is 5.75 Å². The van der Waals surface area contributed by atoms with Crippen molar-refractivity contribution >= 4 is 45.6 Å². The molecule has 0 aromatic heterocycles. The number of ether oxygens (including phenoxy) is 1. The van der Waals surface area contributed by atoms with Crippen LogP contribution in [0.15, 0.2) is 16.6 Å². The lowest BCUT2D eigenvalue weighted by atomic mass is 10.3. The van der Waals surface area contributed by atoms with Gasteiger partial charge in [-0.2, -0.15) is 0 Å². The minimum absolute atomic E-state index is 0. The van der Waals surface area contributed by atoms with Crippen molar-refractivity contribution in [3.8, 4) is 5.75 Å². The van der Waals surface area contributed by atoms with E-state index in [0.717, 1.165) is 10.9 Å². The number of nitrogen functional groups attached to an aromatic ring is 1. The SMILES string of the molecule is CCCOc1cc(Br)c(Cl)cc1N.Cl. The number of nitrogens with two attached hydrogens (primary N) is 1. The molecule has 0 saturated heterocycles. The minimum atomic E-state index is 0. The molecular weight excluding hydrogens is 289 g/mol. The fraction of sp³-hybridized carbons (Fsp3) is 0.333. The maximum atomic E-state index is 5.84. The summed E-state index contributed by atoms with van der Waals surface area (Å²) in [7, 11) is 0. The highest BCUT2D eigenvalue weighted by atomic mass is 79.9. The van der Waals surface area contributed by atoms with Gasteiger partial charge in [-0.05, 0) is 34.5 Å². The van der Waals surface area contributed by atoms with E-state index >= 15 is 0 Å². The Kier molecular flexibility index (Phi) is 6.33. The van der Waals surface area contributed by atoms with Crippen LogP contribution in [0.25, 0.3) is 0 Å². The molecule has 0 radical (unpaired) electrons. The van der Waals surface area contributed by atoms with Gasteiger partial charge >= 0.3 is 0 Å². The summed E-state index contributed by atoms with van der Waals surface area (Å²) in [5.74, 6) is 0.679. The van der Waals surface area contributed by atoms with Crippen LogP contribution in [-0.2, 0) is 0 Å². The molecule has 2 N–H and O–H groups in total. The van der Waals surface area contributed by atoms with E-state index in [1.54, 1.807) is 12.1 Å². The Bertz CT molecular complexity index is 307. The Labute approximate surface area is 103 Å². The standard InChI is InChI=1S/C9H11BrClNO.ClH/c1-2-3-13-9-4-6(10)7(11)5-8(9)12;/h4-5H,2-3,12H2,1H3;1H. The Morgan fingerprint density at radius 2 is 2.14 bits per heavy atom. The Morgan fingerprint density at radius 1 is 1.50 bits per heavy atom. The van der Waals surface area contributed by atoms with Crippen LogP contribution in [0.3, 0.4) is 0 Å². The zero-order valence-corrected chi connectivity index (χ0v) is 10.9. The largest absolute Gasteiger partial charge is 0.491 e.